The molecule has 0 heterocycles. The highest BCUT2D eigenvalue weighted by molar-refractivity contribution is 7.93. The van der Waals surface area contributed by atoms with Gasteiger partial charge in [-0.2, -0.15) is 0 Å². The SMILES string of the molecule is C=C[C@@H]1C[C@]1(CC(=O)OC(C)(C)C)C(=O)NS(=O)(=O)C1(CF)CC1.C=C[C@@H]1C[C@]1(N)C(=O)NS(=O)(=O)C1(CF)CC1.CC(C)(C)OC(=O)NS(=O)(=O)C1(C)CC1.CC(C)(C)OC(=O)NS(=O)(=O)C1(CF)CC1.CC(C)(C)OC(=O)NS(=O)(=O)C1(CO)CC1.Cl.NS(=O)(=O)C1(CF)CC1. The lowest BCUT2D eigenvalue weighted by atomic mass is 9.98. The van der Waals surface area contributed by atoms with Crippen molar-refractivity contribution in [2.24, 2.45) is 28.1 Å². The van der Waals surface area contributed by atoms with Crippen LogP contribution >= 0.6 is 12.4 Å². The van der Waals surface area contributed by atoms with Gasteiger partial charge in [-0.05, 0) is 186 Å². The average Bonchev–Trinajstić information content (AvgIpc) is 1.66. The number of primary sulfonamides is 1. The van der Waals surface area contributed by atoms with Gasteiger partial charge < -0.3 is 29.8 Å². The molecule has 0 aromatic rings. The highest BCUT2D eigenvalue weighted by atomic mass is 35.5. The molecule has 30 nitrogen and oxygen atoms in total. The number of amides is 5. The number of aliphatic hydroxyl groups is 1. The Morgan fingerprint density at radius 3 is 0.969 bits per heavy atom. The van der Waals surface area contributed by atoms with Crippen LogP contribution in [0.3, 0.4) is 0 Å². The summed E-state index contributed by atoms with van der Waals surface area (Å²) in [6, 6.07) is 0. The van der Waals surface area contributed by atoms with Crippen molar-refractivity contribution in [1.29, 1.82) is 0 Å². The van der Waals surface area contributed by atoms with Crippen molar-refractivity contribution in [1.82, 2.24) is 23.6 Å². The van der Waals surface area contributed by atoms with E-state index in [0.29, 0.717) is 51.4 Å². The Morgan fingerprint density at radius 1 is 0.459 bits per heavy atom. The fraction of sp³-hybridized carbons (Fsp3) is 0.825. The molecule has 5 amide bonds. The van der Waals surface area contributed by atoms with E-state index in [0.717, 1.165) is 0 Å². The summed E-state index contributed by atoms with van der Waals surface area (Å²) in [5, 5.41) is 13.7. The molecular formula is C57H98ClF4N7O23S6. The normalized spacial score (nSPS) is 24.1. The van der Waals surface area contributed by atoms with Crippen molar-refractivity contribution in [3.63, 3.8) is 0 Å². The minimum absolute atomic E-state index is 0. The van der Waals surface area contributed by atoms with Crippen LogP contribution in [-0.4, -0.2) is 181 Å². The van der Waals surface area contributed by atoms with E-state index in [-0.39, 0.29) is 69.2 Å². The smallest absolute Gasteiger partial charge is 0.421 e. The molecule has 0 spiro atoms. The molecule has 98 heavy (non-hydrogen) atoms. The van der Waals surface area contributed by atoms with E-state index in [1.54, 1.807) is 94.7 Å². The first-order valence-electron chi connectivity index (χ1n) is 30.6. The molecule has 0 unspecified atom stereocenters. The summed E-state index contributed by atoms with van der Waals surface area (Å²) in [6.45, 7) is 24.3. The second kappa shape index (κ2) is 30.7. The van der Waals surface area contributed by atoms with Crippen LogP contribution in [0.1, 0.15) is 186 Å². The minimum atomic E-state index is -4.10. The van der Waals surface area contributed by atoms with Gasteiger partial charge in [0.15, 0.2) is 0 Å². The second-order valence-electron chi connectivity index (χ2n) is 29.8. The van der Waals surface area contributed by atoms with Crippen molar-refractivity contribution in [2.45, 2.75) is 243 Å². The van der Waals surface area contributed by atoms with Crippen LogP contribution in [0, 0.1) is 17.3 Å². The summed E-state index contributed by atoms with van der Waals surface area (Å²) >= 11 is 0. The Bertz CT molecular complexity index is 3610. The first-order valence-corrected chi connectivity index (χ1v) is 39.5. The number of aliphatic hydroxyl groups excluding tert-OH is 1. The molecule has 4 atom stereocenters. The monoisotopic (exact) mass is 1550 g/mol. The third-order valence-corrected chi connectivity index (χ3v) is 28.9. The van der Waals surface area contributed by atoms with Gasteiger partial charge in [-0.3, -0.25) is 23.8 Å². The number of rotatable bonds is 22. The van der Waals surface area contributed by atoms with E-state index in [1.165, 1.54) is 12.2 Å². The maximum absolute atomic E-state index is 13.0. The molecule has 8 rings (SSSR count). The Labute approximate surface area is 579 Å². The van der Waals surface area contributed by atoms with Crippen LogP contribution in [0.15, 0.2) is 25.3 Å². The molecule has 0 radical (unpaired) electrons. The first-order chi connectivity index (χ1) is 43.5. The zero-order valence-electron chi connectivity index (χ0n) is 57.3. The quantitative estimate of drug-likeness (QED) is 0.0306. The average molecular weight is 1550 g/mol. The number of carbonyl (C=O) groups excluding carboxylic acids is 6. The van der Waals surface area contributed by atoms with Crippen LogP contribution < -0.4 is 34.5 Å². The largest absolute Gasteiger partial charge is 0.460 e. The van der Waals surface area contributed by atoms with Crippen molar-refractivity contribution < 1.29 is 121 Å². The molecule has 8 saturated carbocycles. The van der Waals surface area contributed by atoms with Crippen molar-refractivity contribution in [3.8, 4) is 0 Å². The topological polar surface area (TPSA) is 477 Å². The molecule has 0 aliphatic heterocycles. The molecule has 8 fully saturated rings. The third-order valence-electron chi connectivity index (χ3n) is 16.6. The van der Waals surface area contributed by atoms with Crippen LogP contribution in [0.25, 0.3) is 0 Å². The van der Waals surface area contributed by atoms with Gasteiger partial charge in [0.05, 0.1) is 23.2 Å². The molecular weight excluding hydrogens is 1450 g/mol. The van der Waals surface area contributed by atoms with E-state index in [9.17, 15) is 96.8 Å². The van der Waals surface area contributed by atoms with Gasteiger partial charge in [0.25, 0.3) is 5.91 Å². The van der Waals surface area contributed by atoms with Gasteiger partial charge in [0.2, 0.25) is 66.0 Å². The molecule has 0 bridgehead atoms. The summed E-state index contributed by atoms with van der Waals surface area (Å²) in [4.78, 5) is 70.1. The number of nitrogens with one attached hydrogen (secondary N) is 5. The Balaban J connectivity index is 0.000000407. The number of esters is 1. The van der Waals surface area contributed by atoms with Crippen molar-refractivity contribution >= 4 is 109 Å². The predicted molar refractivity (Wildman–Crippen MR) is 354 cm³/mol. The second-order valence-corrected chi connectivity index (χ2v) is 42.3. The summed E-state index contributed by atoms with van der Waals surface area (Å²) in [7, 11) is -23.1. The molecule has 41 heteroatoms. The zero-order chi connectivity index (χ0) is 75.5. The molecule has 8 aliphatic rings. The number of halogens is 5. The number of carbonyl (C=O) groups is 6. The van der Waals surface area contributed by atoms with Crippen molar-refractivity contribution in [2.75, 3.05) is 33.3 Å². The van der Waals surface area contributed by atoms with E-state index in [4.69, 9.17) is 34.9 Å². The molecule has 8 aliphatic carbocycles. The Kier molecular flexibility index (Phi) is 28.0. The summed E-state index contributed by atoms with van der Waals surface area (Å²) < 4.78 is 210. The fourth-order valence-corrected chi connectivity index (χ4v) is 15.9. The highest BCUT2D eigenvalue weighted by Crippen LogP contribution is 2.57. The molecule has 0 aromatic carbocycles. The lowest BCUT2D eigenvalue weighted by molar-refractivity contribution is -0.158. The zero-order valence-corrected chi connectivity index (χ0v) is 63.0. The molecule has 0 saturated heterocycles. The van der Waals surface area contributed by atoms with Crippen molar-refractivity contribution in [3.05, 3.63) is 25.3 Å². The molecule has 10 N–H and O–H groups in total. The van der Waals surface area contributed by atoms with Crippen LogP contribution in [-0.2, 0) is 93.5 Å². The number of ether oxygens (including phenoxy) is 4. The number of sulfonamides is 6. The fourth-order valence-electron chi connectivity index (χ4n) is 8.48. The lowest BCUT2D eigenvalue weighted by Crippen LogP contribution is -2.50. The van der Waals surface area contributed by atoms with E-state index < -0.39 is 191 Å². The number of allylic oxidation sites excluding steroid dienone is 1. The number of hydrogen-bond donors (Lipinski definition) is 8. The maximum Gasteiger partial charge on any atom is 0.421 e. The predicted octanol–water partition coefficient (Wildman–Crippen LogP) is 5.00. The number of nitrogens with two attached hydrogens (primary N) is 2. The van der Waals surface area contributed by atoms with Crippen LogP contribution in [0.5, 0.6) is 0 Å². The Hall–Kier alpha value is -4.71. The summed E-state index contributed by atoms with van der Waals surface area (Å²) in [6.07, 6.45) is 4.54. The first kappa shape index (κ1) is 89.4. The number of alkyl halides is 4. The Morgan fingerprint density at radius 2 is 0.745 bits per heavy atom. The van der Waals surface area contributed by atoms with E-state index in [2.05, 4.69) is 13.2 Å². The maximum atomic E-state index is 13.0. The van der Waals surface area contributed by atoms with Crippen LogP contribution in [0.4, 0.5) is 31.9 Å². The van der Waals surface area contributed by atoms with Gasteiger partial charge in [0.1, 0.15) is 78.4 Å². The third kappa shape index (κ3) is 23.4. The summed E-state index contributed by atoms with van der Waals surface area (Å²) in [5.41, 5.74) is 0.412. The number of hydrogen-bond acceptors (Lipinski definition) is 24. The standard InChI is InChI=1S/C16H24FNO5S.C10H15FN2O3S.C9H16FNO4S.C9H17NO5S.C9H17NO4S.C4H8FNO2S.ClH/c1-5-11-8-16(11,9-12(19)23-14(2,3)4)13(20)18-24(21,22)15(10-17)6-7-15;1-2-7-5-10(7,12)8(14)13-17(15,16)9(6-11)3-4-9;1-8(2,3)15-7(12)11-16(13,14)9(6-10)4-5-9;1-8(2,3)15-7(12)10-16(13,14)9(6-11)4-5-9;1-8(2,3)14-7(11)10-15(12,13)9(4)5-6-9;5-3-4(1-2-4)9(6,7)8;/h5,11H,1,6-10H2,2-4H3,(H,18,20);2,7H,1,3-6,12H2,(H,13,14);4-6H2,1-3H3,(H,11,12);11H,4-6H2,1-3H3,(H,10,12);5-6H2,1-4H3,(H,10,11);1-3H2,(H2,6,7,8);1H/t11-,16-;7-,10-;;;;;/m11...../s1. The van der Waals surface area contributed by atoms with Gasteiger partial charge >= 0.3 is 24.2 Å². The van der Waals surface area contributed by atoms with Gasteiger partial charge in [-0.15, -0.1) is 25.6 Å². The van der Waals surface area contributed by atoms with Gasteiger partial charge in [-0.1, -0.05) is 12.2 Å². The summed E-state index contributed by atoms with van der Waals surface area (Å²) in [5.74, 6) is -2.63. The van der Waals surface area contributed by atoms with Crippen LogP contribution in [0.2, 0.25) is 0 Å². The molecule has 570 valence electrons. The lowest BCUT2D eigenvalue weighted by Gasteiger charge is -2.23. The van der Waals surface area contributed by atoms with Gasteiger partial charge in [0, 0.05) is 5.92 Å². The molecule has 0 aromatic heterocycles. The van der Waals surface area contributed by atoms with E-state index in [1.807, 2.05) is 18.9 Å². The minimum Gasteiger partial charge on any atom is -0.460 e. The highest BCUT2D eigenvalue weighted by Gasteiger charge is 2.64. The van der Waals surface area contributed by atoms with E-state index >= 15 is 0 Å². The van der Waals surface area contributed by atoms with Gasteiger partial charge in [-0.25, -0.2) is 102 Å².